The number of anilines is 1. The van der Waals surface area contributed by atoms with Gasteiger partial charge in [-0.05, 0) is 43.5 Å². The highest BCUT2D eigenvalue weighted by molar-refractivity contribution is 6.06. The second-order valence-corrected chi connectivity index (χ2v) is 5.10. The van der Waals surface area contributed by atoms with E-state index in [1.807, 2.05) is 63.2 Å². The summed E-state index contributed by atoms with van der Waals surface area (Å²) in [7, 11) is 0. The van der Waals surface area contributed by atoms with Crippen LogP contribution in [0.3, 0.4) is 0 Å². The lowest BCUT2D eigenvalue weighted by Crippen LogP contribution is -2.17. The summed E-state index contributed by atoms with van der Waals surface area (Å²) in [5.74, 6) is -0.0892. The Labute approximate surface area is 119 Å². The molecule has 0 aliphatic heterocycles. The number of carbonyl (C=O) groups excluding carboxylic acids is 1. The number of rotatable bonds is 3. The maximum atomic E-state index is 12.5. The lowest BCUT2D eigenvalue weighted by atomic mass is 10.0. The third-order valence-corrected chi connectivity index (χ3v) is 3.41. The third kappa shape index (κ3) is 2.89. The summed E-state index contributed by atoms with van der Waals surface area (Å²) in [6, 6.07) is 13.4. The van der Waals surface area contributed by atoms with E-state index < -0.39 is 0 Å². The minimum atomic E-state index is -0.121. The molecule has 0 bridgehead atoms. The molecule has 3 N–H and O–H groups in total. The number of para-hydroxylation sites is 1. The fraction of sp³-hybridized carbons (Fsp3) is 0.235. The molecule has 0 aliphatic carbocycles. The number of aryl methyl sites for hydroxylation is 2. The van der Waals surface area contributed by atoms with Crippen LogP contribution in [0.25, 0.3) is 0 Å². The Morgan fingerprint density at radius 3 is 2.25 bits per heavy atom. The van der Waals surface area contributed by atoms with Gasteiger partial charge in [0, 0.05) is 17.3 Å². The van der Waals surface area contributed by atoms with Crippen LogP contribution in [-0.2, 0) is 0 Å². The summed E-state index contributed by atoms with van der Waals surface area (Å²) in [5, 5.41) is 2.97. The van der Waals surface area contributed by atoms with Crippen LogP contribution in [-0.4, -0.2) is 5.91 Å². The summed E-state index contributed by atoms with van der Waals surface area (Å²) in [6.45, 7) is 5.79. The van der Waals surface area contributed by atoms with Gasteiger partial charge in [-0.15, -0.1) is 0 Å². The molecule has 0 aliphatic rings. The van der Waals surface area contributed by atoms with Crippen LogP contribution in [0, 0.1) is 13.8 Å². The van der Waals surface area contributed by atoms with Crippen molar-refractivity contribution in [1.82, 2.24) is 0 Å². The van der Waals surface area contributed by atoms with Crippen molar-refractivity contribution in [2.45, 2.75) is 26.8 Å². The first-order chi connectivity index (χ1) is 9.50. The van der Waals surface area contributed by atoms with Crippen molar-refractivity contribution in [3.8, 4) is 0 Å². The zero-order valence-corrected chi connectivity index (χ0v) is 12.1. The van der Waals surface area contributed by atoms with Crippen LogP contribution < -0.4 is 11.1 Å². The van der Waals surface area contributed by atoms with E-state index in [9.17, 15) is 4.79 Å². The second kappa shape index (κ2) is 5.88. The molecule has 2 aromatic rings. The molecule has 3 heteroatoms. The van der Waals surface area contributed by atoms with Crippen molar-refractivity contribution in [1.29, 1.82) is 0 Å². The summed E-state index contributed by atoms with van der Waals surface area (Å²) < 4.78 is 0. The van der Waals surface area contributed by atoms with Gasteiger partial charge in [0.25, 0.3) is 5.91 Å². The minimum Gasteiger partial charge on any atom is -0.324 e. The monoisotopic (exact) mass is 268 g/mol. The molecule has 1 unspecified atom stereocenters. The fourth-order valence-electron chi connectivity index (χ4n) is 2.37. The van der Waals surface area contributed by atoms with Gasteiger partial charge in [0.05, 0.1) is 0 Å². The Kier molecular flexibility index (Phi) is 4.20. The number of nitrogens with two attached hydrogens (primary N) is 1. The number of hydrogen-bond donors (Lipinski definition) is 2. The third-order valence-electron chi connectivity index (χ3n) is 3.41. The maximum Gasteiger partial charge on any atom is 0.256 e. The van der Waals surface area contributed by atoms with E-state index in [0.717, 1.165) is 27.9 Å². The Morgan fingerprint density at radius 1 is 1.05 bits per heavy atom. The molecular weight excluding hydrogens is 248 g/mol. The van der Waals surface area contributed by atoms with E-state index >= 15 is 0 Å². The summed E-state index contributed by atoms with van der Waals surface area (Å²) in [4.78, 5) is 12.5. The molecule has 0 aromatic heterocycles. The number of hydrogen-bond acceptors (Lipinski definition) is 2. The molecule has 2 rings (SSSR count). The smallest absolute Gasteiger partial charge is 0.256 e. The lowest BCUT2D eigenvalue weighted by Gasteiger charge is -2.15. The van der Waals surface area contributed by atoms with E-state index in [2.05, 4.69) is 5.32 Å². The molecule has 0 fully saturated rings. The molecule has 20 heavy (non-hydrogen) atoms. The number of carbonyl (C=O) groups is 1. The Bertz CT molecular complexity index is 612. The van der Waals surface area contributed by atoms with Crippen molar-refractivity contribution >= 4 is 11.6 Å². The first-order valence-electron chi connectivity index (χ1n) is 6.72. The molecule has 104 valence electrons. The zero-order valence-electron chi connectivity index (χ0n) is 12.1. The molecule has 0 saturated carbocycles. The molecular formula is C17H20N2O. The second-order valence-electron chi connectivity index (χ2n) is 5.10. The number of amides is 1. The van der Waals surface area contributed by atoms with Gasteiger partial charge in [0.2, 0.25) is 0 Å². The van der Waals surface area contributed by atoms with Crippen molar-refractivity contribution in [2.24, 2.45) is 5.73 Å². The molecule has 1 amide bonds. The highest BCUT2D eigenvalue weighted by atomic mass is 16.1. The molecule has 0 heterocycles. The SMILES string of the molecule is Cc1cccc(C)c1C(=O)Nc1ccccc1C(C)N. The highest BCUT2D eigenvalue weighted by Gasteiger charge is 2.14. The Hall–Kier alpha value is -2.13. The average molecular weight is 268 g/mol. The van der Waals surface area contributed by atoms with Gasteiger partial charge in [-0.2, -0.15) is 0 Å². The zero-order chi connectivity index (χ0) is 14.7. The molecule has 2 aromatic carbocycles. The predicted octanol–water partition coefficient (Wildman–Crippen LogP) is 3.58. The van der Waals surface area contributed by atoms with Crippen LogP contribution in [0.2, 0.25) is 0 Å². The van der Waals surface area contributed by atoms with E-state index in [0.29, 0.717) is 0 Å². The van der Waals surface area contributed by atoms with Crippen molar-refractivity contribution in [3.05, 3.63) is 64.7 Å². The average Bonchev–Trinajstić information content (AvgIpc) is 2.38. The summed E-state index contributed by atoms with van der Waals surface area (Å²) >= 11 is 0. The fourth-order valence-corrected chi connectivity index (χ4v) is 2.37. The highest BCUT2D eigenvalue weighted by Crippen LogP contribution is 2.22. The quantitative estimate of drug-likeness (QED) is 0.894. The largest absolute Gasteiger partial charge is 0.324 e. The minimum absolute atomic E-state index is 0.0892. The predicted molar refractivity (Wildman–Crippen MR) is 82.9 cm³/mol. The van der Waals surface area contributed by atoms with Crippen LogP contribution in [0.15, 0.2) is 42.5 Å². The Morgan fingerprint density at radius 2 is 1.65 bits per heavy atom. The van der Waals surface area contributed by atoms with Crippen molar-refractivity contribution < 1.29 is 4.79 Å². The van der Waals surface area contributed by atoms with Crippen molar-refractivity contribution in [2.75, 3.05) is 5.32 Å². The van der Waals surface area contributed by atoms with Crippen LogP contribution in [0.5, 0.6) is 0 Å². The molecule has 3 nitrogen and oxygen atoms in total. The Balaban J connectivity index is 2.33. The van der Waals surface area contributed by atoms with E-state index in [1.54, 1.807) is 0 Å². The van der Waals surface area contributed by atoms with Gasteiger partial charge < -0.3 is 11.1 Å². The molecule has 0 radical (unpaired) electrons. The van der Waals surface area contributed by atoms with E-state index in [4.69, 9.17) is 5.73 Å². The standard InChI is InChI=1S/C17H20N2O/c1-11-7-6-8-12(2)16(11)17(20)19-15-10-5-4-9-14(15)13(3)18/h4-10,13H,18H2,1-3H3,(H,19,20). The van der Waals surface area contributed by atoms with Gasteiger partial charge in [-0.1, -0.05) is 36.4 Å². The molecule has 0 saturated heterocycles. The van der Waals surface area contributed by atoms with Crippen LogP contribution in [0.4, 0.5) is 5.69 Å². The van der Waals surface area contributed by atoms with Gasteiger partial charge in [0.1, 0.15) is 0 Å². The molecule has 1 atom stereocenters. The molecule has 0 spiro atoms. The van der Waals surface area contributed by atoms with Gasteiger partial charge >= 0.3 is 0 Å². The topological polar surface area (TPSA) is 55.1 Å². The summed E-state index contributed by atoms with van der Waals surface area (Å²) in [6.07, 6.45) is 0. The van der Waals surface area contributed by atoms with Crippen LogP contribution >= 0.6 is 0 Å². The van der Waals surface area contributed by atoms with Crippen molar-refractivity contribution in [3.63, 3.8) is 0 Å². The number of nitrogens with one attached hydrogen (secondary N) is 1. The van der Waals surface area contributed by atoms with E-state index in [1.165, 1.54) is 0 Å². The normalized spacial score (nSPS) is 12.0. The summed E-state index contributed by atoms with van der Waals surface area (Å²) in [5.41, 5.74) is 10.3. The lowest BCUT2D eigenvalue weighted by molar-refractivity contribution is 0.102. The first-order valence-corrected chi connectivity index (χ1v) is 6.72. The van der Waals surface area contributed by atoms with Gasteiger partial charge in [-0.3, -0.25) is 4.79 Å². The first kappa shape index (κ1) is 14.3. The maximum absolute atomic E-state index is 12.5. The van der Waals surface area contributed by atoms with Crippen LogP contribution in [0.1, 0.15) is 40.0 Å². The van der Waals surface area contributed by atoms with E-state index in [-0.39, 0.29) is 11.9 Å². The van der Waals surface area contributed by atoms with Gasteiger partial charge in [-0.25, -0.2) is 0 Å². The van der Waals surface area contributed by atoms with Gasteiger partial charge in [0.15, 0.2) is 0 Å². The number of benzene rings is 2.